The molecule has 5 nitrogen and oxygen atoms in total. The number of benzene rings is 2. The van der Waals surface area contributed by atoms with E-state index in [2.05, 4.69) is 36.6 Å². The fourth-order valence-electron chi connectivity index (χ4n) is 3.24. The molecule has 0 aliphatic heterocycles. The SMILES string of the molecule is CC(=O)N(C)Cc1nc2ccccc2n1CCCOc1c(C)cccc1C. The topological polar surface area (TPSA) is 47.4 Å². The summed E-state index contributed by atoms with van der Waals surface area (Å²) in [6, 6.07) is 14.3. The van der Waals surface area contributed by atoms with E-state index in [1.54, 1.807) is 18.9 Å². The first kappa shape index (κ1) is 19.0. The molecule has 0 aliphatic rings. The van der Waals surface area contributed by atoms with Crippen molar-refractivity contribution >= 4 is 16.9 Å². The van der Waals surface area contributed by atoms with Gasteiger partial charge in [0.2, 0.25) is 5.91 Å². The highest BCUT2D eigenvalue weighted by atomic mass is 16.5. The largest absolute Gasteiger partial charge is 0.493 e. The van der Waals surface area contributed by atoms with Crippen molar-refractivity contribution in [1.29, 1.82) is 0 Å². The van der Waals surface area contributed by atoms with Crippen LogP contribution in [0.4, 0.5) is 0 Å². The molecule has 0 saturated carbocycles. The summed E-state index contributed by atoms with van der Waals surface area (Å²) in [6.45, 7) is 7.66. The smallest absolute Gasteiger partial charge is 0.219 e. The molecule has 0 bridgehead atoms. The molecule has 0 unspecified atom stereocenters. The number of aromatic nitrogens is 2. The Morgan fingerprint density at radius 3 is 2.52 bits per heavy atom. The zero-order valence-corrected chi connectivity index (χ0v) is 16.5. The summed E-state index contributed by atoms with van der Waals surface area (Å²) in [5, 5.41) is 0. The minimum atomic E-state index is 0.0342. The zero-order chi connectivity index (χ0) is 19.4. The fraction of sp³-hybridized carbons (Fsp3) is 0.364. The zero-order valence-electron chi connectivity index (χ0n) is 16.5. The molecule has 0 spiro atoms. The third-order valence-electron chi connectivity index (χ3n) is 4.83. The fourth-order valence-corrected chi connectivity index (χ4v) is 3.24. The molecule has 0 saturated heterocycles. The van der Waals surface area contributed by atoms with E-state index in [1.165, 1.54) is 0 Å². The maximum absolute atomic E-state index is 11.6. The van der Waals surface area contributed by atoms with E-state index in [0.717, 1.165) is 46.7 Å². The van der Waals surface area contributed by atoms with E-state index >= 15 is 0 Å². The molecule has 142 valence electrons. The normalized spacial score (nSPS) is 11.0. The van der Waals surface area contributed by atoms with E-state index < -0.39 is 0 Å². The van der Waals surface area contributed by atoms with Gasteiger partial charge >= 0.3 is 0 Å². The number of carbonyl (C=O) groups excluding carboxylic acids is 1. The number of imidazole rings is 1. The van der Waals surface area contributed by atoms with Crippen LogP contribution in [0.2, 0.25) is 0 Å². The lowest BCUT2D eigenvalue weighted by molar-refractivity contribution is -0.128. The number of rotatable bonds is 7. The highest BCUT2D eigenvalue weighted by molar-refractivity contribution is 5.76. The Kier molecular flexibility index (Phi) is 5.79. The maximum Gasteiger partial charge on any atom is 0.219 e. The minimum absolute atomic E-state index is 0.0342. The predicted molar refractivity (Wildman–Crippen MR) is 108 cm³/mol. The van der Waals surface area contributed by atoms with Crippen molar-refractivity contribution in [2.24, 2.45) is 0 Å². The highest BCUT2D eigenvalue weighted by Crippen LogP contribution is 2.23. The van der Waals surface area contributed by atoms with Crippen molar-refractivity contribution in [3.63, 3.8) is 0 Å². The van der Waals surface area contributed by atoms with Crippen LogP contribution in [-0.4, -0.2) is 34.0 Å². The van der Waals surface area contributed by atoms with Crippen LogP contribution in [0.3, 0.4) is 0 Å². The van der Waals surface area contributed by atoms with Gasteiger partial charge in [0, 0.05) is 20.5 Å². The van der Waals surface area contributed by atoms with Gasteiger partial charge in [-0.25, -0.2) is 4.98 Å². The summed E-state index contributed by atoms with van der Waals surface area (Å²) in [7, 11) is 1.80. The van der Waals surface area contributed by atoms with Crippen LogP contribution in [0, 0.1) is 13.8 Å². The second-order valence-electron chi connectivity index (χ2n) is 6.97. The third-order valence-corrected chi connectivity index (χ3v) is 4.83. The van der Waals surface area contributed by atoms with Gasteiger partial charge in [-0.05, 0) is 43.5 Å². The summed E-state index contributed by atoms with van der Waals surface area (Å²) in [6.07, 6.45) is 0.866. The number of nitrogens with zero attached hydrogens (tertiary/aromatic N) is 3. The third kappa shape index (κ3) is 4.30. The Hall–Kier alpha value is -2.82. The lowest BCUT2D eigenvalue weighted by Crippen LogP contribution is -2.25. The van der Waals surface area contributed by atoms with Gasteiger partial charge in [-0.3, -0.25) is 4.79 Å². The second kappa shape index (κ2) is 8.25. The molecule has 3 aromatic rings. The summed E-state index contributed by atoms with van der Waals surface area (Å²) >= 11 is 0. The maximum atomic E-state index is 11.6. The Morgan fingerprint density at radius 1 is 1.11 bits per heavy atom. The highest BCUT2D eigenvalue weighted by Gasteiger charge is 2.13. The van der Waals surface area contributed by atoms with Gasteiger partial charge in [-0.1, -0.05) is 30.3 Å². The lowest BCUT2D eigenvalue weighted by Gasteiger charge is -2.16. The number of ether oxygens (including phenoxy) is 1. The van der Waals surface area contributed by atoms with Gasteiger partial charge < -0.3 is 14.2 Å². The van der Waals surface area contributed by atoms with Crippen molar-refractivity contribution in [1.82, 2.24) is 14.5 Å². The van der Waals surface area contributed by atoms with Gasteiger partial charge in [-0.2, -0.15) is 0 Å². The summed E-state index contributed by atoms with van der Waals surface area (Å²) in [5.74, 6) is 1.91. The van der Waals surface area contributed by atoms with Crippen LogP contribution in [0.15, 0.2) is 42.5 Å². The van der Waals surface area contributed by atoms with Crippen molar-refractivity contribution < 1.29 is 9.53 Å². The van der Waals surface area contributed by atoms with Crippen LogP contribution in [0.5, 0.6) is 5.75 Å². The van der Waals surface area contributed by atoms with Crippen LogP contribution >= 0.6 is 0 Å². The van der Waals surface area contributed by atoms with Crippen LogP contribution < -0.4 is 4.74 Å². The molecule has 2 aromatic carbocycles. The van der Waals surface area contributed by atoms with E-state index in [9.17, 15) is 4.79 Å². The Balaban J connectivity index is 1.72. The number of aryl methyl sites for hydroxylation is 3. The van der Waals surface area contributed by atoms with Crippen molar-refractivity contribution in [3.8, 4) is 5.75 Å². The molecule has 0 aliphatic carbocycles. The molecular formula is C22H27N3O2. The quantitative estimate of drug-likeness (QED) is 0.592. The number of carbonyl (C=O) groups is 1. The molecule has 3 rings (SSSR count). The molecule has 0 radical (unpaired) electrons. The molecule has 5 heteroatoms. The number of para-hydroxylation sites is 3. The van der Waals surface area contributed by atoms with Gasteiger partial charge in [0.15, 0.2) is 0 Å². The molecule has 0 atom stereocenters. The summed E-state index contributed by atoms with van der Waals surface area (Å²) in [5.41, 5.74) is 4.37. The van der Waals surface area contributed by atoms with Crippen LogP contribution in [0.1, 0.15) is 30.3 Å². The number of amides is 1. The van der Waals surface area contributed by atoms with Crippen LogP contribution in [0.25, 0.3) is 11.0 Å². The summed E-state index contributed by atoms with van der Waals surface area (Å²) < 4.78 is 8.24. The number of hydrogen-bond donors (Lipinski definition) is 0. The molecular weight excluding hydrogens is 338 g/mol. The van der Waals surface area contributed by atoms with Crippen molar-refractivity contribution in [2.75, 3.05) is 13.7 Å². The monoisotopic (exact) mass is 365 g/mol. The number of fused-ring (bicyclic) bond motifs is 1. The Labute approximate surface area is 160 Å². The Bertz CT molecular complexity index is 926. The average molecular weight is 365 g/mol. The van der Waals surface area contributed by atoms with Gasteiger partial charge in [-0.15, -0.1) is 0 Å². The average Bonchev–Trinajstić information content (AvgIpc) is 2.98. The molecule has 1 amide bonds. The molecule has 1 aromatic heterocycles. The molecule has 0 N–H and O–H groups in total. The molecule has 0 fully saturated rings. The van der Waals surface area contributed by atoms with E-state index in [1.807, 2.05) is 24.3 Å². The molecule has 27 heavy (non-hydrogen) atoms. The second-order valence-corrected chi connectivity index (χ2v) is 6.97. The first-order chi connectivity index (χ1) is 13.0. The van der Waals surface area contributed by atoms with E-state index in [0.29, 0.717) is 13.2 Å². The minimum Gasteiger partial charge on any atom is -0.493 e. The summed E-state index contributed by atoms with van der Waals surface area (Å²) in [4.78, 5) is 18.0. The van der Waals surface area contributed by atoms with Gasteiger partial charge in [0.1, 0.15) is 11.6 Å². The lowest BCUT2D eigenvalue weighted by atomic mass is 10.1. The van der Waals surface area contributed by atoms with Crippen molar-refractivity contribution in [2.45, 2.75) is 40.3 Å². The van der Waals surface area contributed by atoms with Crippen LogP contribution in [-0.2, 0) is 17.9 Å². The molecule has 1 heterocycles. The number of hydrogen-bond acceptors (Lipinski definition) is 3. The Morgan fingerprint density at radius 2 is 1.81 bits per heavy atom. The van der Waals surface area contributed by atoms with Crippen molar-refractivity contribution in [3.05, 3.63) is 59.4 Å². The predicted octanol–water partition coefficient (Wildman–Crippen LogP) is 4.10. The first-order valence-electron chi connectivity index (χ1n) is 9.32. The first-order valence-corrected chi connectivity index (χ1v) is 9.32. The van der Waals surface area contributed by atoms with Gasteiger partial charge in [0.05, 0.1) is 24.2 Å². The van der Waals surface area contributed by atoms with Gasteiger partial charge in [0.25, 0.3) is 0 Å². The standard InChI is InChI=1S/C22H27N3O2/c1-16-9-7-10-17(2)22(16)27-14-8-13-25-20-12-6-5-11-19(20)23-21(25)15-24(4)18(3)26/h5-7,9-12H,8,13-15H2,1-4H3. The van der Waals surface area contributed by atoms with E-state index in [4.69, 9.17) is 9.72 Å². The van der Waals surface area contributed by atoms with E-state index in [-0.39, 0.29) is 5.91 Å².